The molecule has 2 aromatic rings. The molecule has 1 aromatic heterocycles. The highest BCUT2D eigenvalue weighted by molar-refractivity contribution is 5.94. The van der Waals surface area contributed by atoms with Gasteiger partial charge < -0.3 is 20.0 Å². The molecule has 7 nitrogen and oxygen atoms in total. The highest BCUT2D eigenvalue weighted by Gasteiger charge is 2.33. The van der Waals surface area contributed by atoms with E-state index in [1.165, 1.54) is 0 Å². The van der Waals surface area contributed by atoms with Crippen molar-refractivity contribution in [2.75, 3.05) is 13.1 Å². The molecule has 7 heteroatoms. The molecule has 1 aliphatic heterocycles. The van der Waals surface area contributed by atoms with Crippen molar-refractivity contribution in [3.05, 3.63) is 60.1 Å². The summed E-state index contributed by atoms with van der Waals surface area (Å²) in [6, 6.07) is 12.1. The van der Waals surface area contributed by atoms with Crippen LogP contribution in [0.3, 0.4) is 0 Å². The van der Waals surface area contributed by atoms with Crippen LogP contribution in [0.2, 0.25) is 0 Å². The van der Waals surface area contributed by atoms with Gasteiger partial charge in [-0.1, -0.05) is 18.2 Å². The summed E-state index contributed by atoms with van der Waals surface area (Å²) in [5.74, 6) is 0.326. The van der Waals surface area contributed by atoms with Gasteiger partial charge in [0, 0.05) is 25.1 Å². The third-order valence-corrected chi connectivity index (χ3v) is 4.78. The number of furan rings is 1. The van der Waals surface area contributed by atoms with Crippen molar-refractivity contribution in [2.24, 2.45) is 0 Å². The Morgan fingerprint density at radius 3 is 2.64 bits per heavy atom. The van der Waals surface area contributed by atoms with Gasteiger partial charge in [-0.05, 0) is 43.5 Å². The smallest absolute Gasteiger partial charge is 0.251 e. The molecular weight excluding hydrogens is 358 g/mol. The van der Waals surface area contributed by atoms with E-state index >= 15 is 0 Å². The number of rotatable bonds is 8. The van der Waals surface area contributed by atoms with Crippen LogP contribution in [0, 0.1) is 0 Å². The third-order valence-electron chi connectivity index (χ3n) is 4.78. The standard InChI is InChI=1S/C21H25N3O4/c25-19(11-4-12-22-20(26)16-7-2-1-3-8-16)24-13-5-10-18(24)21(27)23-15-17-9-6-14-28-17/h1-3,6-9,14,18H,4-5,10-13,15H2,(H,22,26)(H,23,27). The Morgan fingerprint density at radius 2 is 1.89 bits per heavy atom. The lowest BCUT2D eigenvalue weighted by Crippen LogP contribution is -2.45. The number of benzene rings is 1. The molecule has 28 heavy (non-hydrogen) atoms. The second-order valence-corrected chi connectivity index (χ2v) is 6.77. The number of hydrogen-bond donors (Lipinski definition) is 2. The molecule has 3 rings (SSSR count). The van der Waals surface area contributed by atoms with E-state index in [1.54, 1.807) is 35.4 Å². The van der Waals surface area contributed by atoms with E-state index < -0.39 is 6.04 Å². The number of carbonyl (C=O) groups excluding carboxylic acids is 3. The maximum Gasteiger partial charge on any atom is 0.251 e. The molecule has 0 bridgehead atoms. The minimum absolute atomic E-state index is 0.0513. The topological polar surface area (TPSA) is 91.7 Å². The van der Waals surface area contributed by atoms with Crippen molar-refractivity contribution in [2.45, 2.75) is 38.3 Å². The first-order valence-corrected chi connectivity index (χ1v) is 9.58. The lowest BCUT2D eigenvalue weighted by Gasteiger charge is -2.24. The summed E-state index contributed by atoms with van der Waals surface area (Å²) >= 11 is 0. The van der Waals surface area contributed by atoms with Gasteiger partial charge in [-0.15, -0.1) is 0 Å². The lowest BCUT2D eigenvalue weighted by molar-refractivity contribution is -0.138. The van der Waals surface area contributed by atoms with Gasteiger partial charge in [0.25, 0.3) is 5.91 Å². The fourth-order valence-corrected chi connectivity index (χ4v) is 3.32. The van der Waals surface area contributed by atoms with Crippen molar-refractivity contribution in [1.29, 1.82) is 0 Å². The number of amides is 3. The maximum atomic E-state index is 12.5. The van der Waals surface area contributed by atoms with Crippen molar-refractivity contribution in [3.8, 4) is 0 Å². The van der Waals surface area contributed by atoms with Gasteiger partial charge in [0.05, 0.1) is 12.8 Å². The third kappa shape index (κ3) is 5.22. The summed E-state index contributed by atoms with van der Waals surface area (Å²) in [5, 5.41) is 5.64. The average molecular weight is 383 g/mol. The molecule has 0 saturated carbocycles. The molecule has 1 aromatic carbocycles. The second-order valence-electron chi connectivity index (χ2n) is 6.77. The minimum atomic E-state index is -0.429. The van der Waals surface area contributed by atoms with Gasteiger partial charge in [-0.25, -0.2) is 0 Å². The monoisotopic (exact) mass is 383 g/mol. The molecule has 0 radical (unpaired) electrons. The molecule has 1 fully saturated rings. The molecule has 3 amide bonds. The van der Waals surface area contributed by atoms with Crippen LogP contribution in [0.1, 0.15) is 41.8 Å². The summed E-state index contributed by atoms with van der Waals surface area (Å²) in [6.07, 6.45) is 3.88. The molecule has 2 N–H and O–H groups in total. The van der Waals surface area contributed by atoms with E-state index in [4.69, 9.17) is 4.42 Å². The Labute approximate surface area is 164 Å². The summed E-state index contributed by atoms with van der Waals surface area (Å²) in [5.41, 5.74) is 0.599. The van der Waals surface area contributed by atoms with Crippen molar-refractivity contribution >= 4 is 17.7 Å². The van der Waals surface area contributed by atoms with Gasteiger partial charge in [0.15, 0.2) is 0 Å². The van der Waals surface area contributed by atoms with E-state index in [1.807, 2.05) is 18.2 Å². The first kappa shape index (κ1) is 19.7. The average Bonchev–Trinajstić information content (AvgIpc) is 3.41. The number of nitrogens with zero attached hydrogens (tertiary/aromatic N) is 1. The summed E-state index contributed by atoms with van der Waals surface area (Å²) in [7, 11) is 0. The number of carbonyl (C=O) groups is 3. The summed E-state index contributed by atoms with van der Waals surface area (Å²) in [6.45, 7) is 1.33. The van der Waals surface area contributed by atoms with Crippen LogP contribution in [0.15, 0.2) is 53.1 Å². The second kappa shape index (κ2) is 9.73. The highest BCUT2D eigenvalue weighted by Crippen LogP contribution is 2.19. The van der Waals surface area contributed by atoms with Gasteiger partial charge in [-0.2, -0.15) is 0 Å². The van der Waals surface area contributed by atoms with E-state index in [-0.39, 0.29) is 17.7 Å². The highest BCUT2D eigenvalue weighted by atomic mass is 16.3. The Morgan fingerprint density at radius 1 is 1.07 bits per heavy atom. The zero-order chi connectivity index (χ0) is 19.8. The van der Waals surface area contributed by atoms with Gasteiger partial charge >= 0.3 is 0 Å². The Bertz CT molecular complexity index is 789. The Balaban J connectivity index is 1.40. The first-order chi connectivity index (χ1) is 13.6. The van der Waals surface area contributed by atoms with Crippen molar-refractivity contribution in [3.63, 3.8) is 0 Å². The molecule has 1 aliphatic rings. The van der Waals surface area contributed by atoms with Crippen LogP contribution in [0.25, 0.3) is 0 Å². The van der Waals surface area contributed by atoms with Gasteiger partial charge in [0.1, 0.15) is 11.8 Å². The van der Waals surface area contributed by atoms with Crippen LogP contribution in [-0.2, 0) is 16.1 Å². The van der Waals surface area contributed by atoms with Crippen molar-refractivity contribution < 1.29 is 18.8 Å². The zero-order valence-electron chi connectivity index (χ0n) is 15.7. The molecule has 2 heterocycles. The van der Waals surface area contributed by atoms with E-state index in [9.17, 15) is 14.4 Å². The van der Waals surface area contributed by atoms with E-state index in [2.05, 4.69) is 10.6 Å². The van der Waals surface area contributed by atoms with Crippen LogP contribution in [0.4, 0.5) is 0 Å². The zero-order valence-corrected chi connectivity index (χ0v) is 15.7. The predicted octanol–water partition coefficient (Wildman–Crippen LogP) is 2.10. The first-order valence-electron chi connectivity index (χ1n) is 9.58. The molecule has 1 saturated heterocycles. The predicted molar refractivity (Wildman–Crippen MR) is 103 cm³/mol. The fraction of sp³-hybridized carbons (Fsp3) is 0.381. The van der Waals surface area contributed by atoms with Crippen LogP contribution < -0.4 is 10.6 Å². The molecule has 1 atom stereocenters. The van der Waals surface area contributed by atoms with Crippen LogP contribution in [-0.4, -0.2) is 41.8 Å². The van der Waals surface area contributed by atoms with Gasteiger partial charge in [0.2, 0.25) is 11.8 Å². The number of likely N-dealkylation sites (tertiary alicyclic amines) is 1. The largest absolute Gasteiger partial charge is 0.467 e. The molecule has 0 aliphatic carbocycles. The Kier molecular flexibility index (Phi) is 6.84. The van der Waals surface area contributed by atoms with Crippen LogP contribution >= 0.6 is 0 Å². The SMILES string of the molecule is O=C(NCCCC(=O)N1CCCC1C(=O)NCc1ccco1)c1ccccc1. The van der Waals surface area contributed by atoms with E-state index in [0.717, 1.165) is 6.42 Å². The summed E-state index contributed by atoms with van der Waals surface area (Å²) < 4.78 is 5.21. The summed E-state index contributed by atoms with van der Waals surface area (Å²) in [4.78, 5) is 38.6. The van der Waals surface area contributed by atoms with Gasteiger partial charge in [-0.3, -0.25) is 14.4 Å². The van der Waals surface area contributed by atoms with E-state index in [0.29, 0.717) is 50.2 Å². The van der Waals surface area contributed by atoms with Crippen LogP contribution in [0.5, 0.6) is 0 Å². The maximum absolute atomic E-state index is 12.5. The quantitative estimate of drug-likeness (QED) is 0.683. The number of hydrogen-bond acceptors (Lipinski definition) is 4. The van der Waals surface area contributed by atoms with Crippen molar-refractivity contribution in [1.82, 2.24) is 15.5 Å². The fourth-order valence-electron chi connectivity index (χ4n) is 3.32. The normalized spacial score (nSPS) is 16.0. The molecule has 0 spiro atoms. The molecular formula is C21H25N3O4. The Hall–Kier alpha value is -3.09. The molecule has 148 valence electrons. The lowest BCUT2D eigenvalue weighted by atomic mass is 10.2. The number of nitrogens with one attached hydrogen (secondary N) is 2. The minimum Gasteiger partial charge on any atom is -0.467 e. The molecule has 1 unspecified atom stereocenters.